The Labute approximate surface area is 210 Å². The lowest BCUT2D eigenvalue weighted by Gasteiger charge is -2.36. The summed E-state index contributed by atoms with van der Waals surface area (Å²) >= 11 is 1.42. The zero-order valence-electron chi connectivity index (χ0n) is 20.5. The van der Waals surface area contributed by atoms with Crippen molar-refractivity contribution in [3.05, 3.63) is 59.7 Å². The van der Waals surface area contributed by atoms with Gasteiger partial charge in [-0.05, 0) is 48.4 Å². The van der Waals surface area contributed by atoms with Crippen LogP contribution in [0.5, 0.6) is 0 Å². The number of carboxylic acids is 1. The summed E-state index contributed by atoms with van der Waals surface area (Å²) in [5.41, 5.74) is 4.49. The maximum atomic E-state index is 13.5. The first-order valence-electron chi connectivity index (χ1n) is 11.9. The van der Waals surface area contributed by atoms with Crippen molar-refractivity contribution in [2.45, 2.75) is 57.0 Å². The molecule has 1 heterocycles. The molecule has 1 aliphatic carbocycles. The molecule has 0 radical (unpaired) electrons. The van der Waals surface area contributed by atoms with Gasteiger partial charge in [0.2, 0.25) is 5.91 Å². The Bertz CT molecular complexity index is 1090. The van der Waals surface area contributed by atoms with E-state index in [4.69, 9.17) is 4.74 Å². The number of hydrogen-bond donors (Lipinski definition) is 2. The van der Waals surface area contributed by atoms with Gasteiger partial charge in [0.05, 0.1) is 4.87 Å². The van der Waals surface area contributed by atoms with Crippen molar-refractivity contribution in [3.63, 3.8) is 0 Å². The molecular weight excluding hydrogens is 464 g/mol. The summed E-state index contributed by atoms with van der Waals surface area (Å²) in [5, 5.41) is 12.4. The number of carboxylic acid groups (broad SMARTS) is 1. The van der Waals surface area contributed by atoms with E-state index in [1.807, 2.05) is 64.1 Å². The van der Waals surface area contributed by atoms with Gasteiger partial charge in [-0.15, -0.1) is 11.8 Å². The van der Waals surface area contributed by atoms with E-state index in [-0.39, 0.29) is 18.4 Å². The highest BCUT2D eigenvalue weighted by Crippen LogP contribution is 2.44. The van der Waals surface area contributed by atoms with Gasteiger partial charge in [0.15, 0.2) is 0 Å². The van der Waals surface area contributed by atoms with Crippen LogP contribution in [0.2, 0.25) is 0 Å². The molecular formula is C27H32N2O5S. The highest BCUT2D eigenvalue weighted by atomic mass is 32.2. The van der Waals surface area contributed by atoms with Gasteiger partial charge in [-0.2, -0.15) is 0 Å². The quantitative estimate of drug-likeness (QED) is 0.577. The number of nitrogens with one attached hydrogen (secondary N) is 1. The number of ether oxygens (including phenoxy) is 1. The van der Waals surface area contributed by atoms with E-state index in [1.54, 1.807) is 0 Å². The molecule has 0 saturated carbocycles. The zero-order chi connectivity index (χ0) is 25.3. The van der Waals surface area contributed by atoms with Crippen molar-refractivity contribution < 1.29 is 24.2 Å². The molecule has 0 spiro atoms. The van der Waals surface area contributed by atoms with E-state index in [0.29, 0.717) is 12.2 Å². The molecule has 2 atom stereocenters. The maximum absolute atomic E-state index is 13.5. The largest absolute Gasteiger partial charge is 0.480 e. The second-order valence-corrected chi connectivity index (χ2v) is 11.6. The lowest BCUT2D eigenvalue weighted by atomic mass is 9.98. The molecule has 0 unspecified atom stereocenters. The van der Waals surface area contributed by atoms with Crippen molar-refractivity contribution in [2.75, 3.05) is 12.4 Å². The molecule has 2 aromatic carbocycles. The smallest absolute Gasteiger partial charge is 0.407 e. The average Bonchev–Trinajstić information content (AvgIpc) is 3.30. The van der Waals surface area contributed by atoms with Crippen molar-refractivity contribution in [2.24, 2.45) is 5.92 Å². The number of carbonyl (C=O) groups excluding carboxylic acids is 2. The van der Waals surface area contributed by atoms with Crippen LogP contribution in [0.25, 0.3) is 11.1 Å². The third-order valence-electron chi connectivity index (χ3n) is 6.65. The van der Waals surface area contributed by atoms with Crippen LogP contribution < -0.4 is 5.32 Å². The minimum atomic E-state index is -1.04. The third-order valence-corrected chi connectivity index (χ3v) is 8.04. The van der Waals surface area contributed by atoms with Gasteiger partial charge in [0, 0.05) is 11.7 Å². The molecule has 0 aromatic heterocycles. The molecule has 7 nitrogen and oxygen atoms in total. The van der Waals surface area contributed by atoms with Crippen LogP contribution in [0.4, 0.5) is 4.79 Å². The van der Waals surface area contributed by atoms with Crippen LogP contribution in [0.1, 0.15) is 51.2 Å². The first-order valence-corrected chi connectivity index (χ1v) is 12.9. The fourth-order valence-corrected chi connectivity index (χ4v) is 6.26. The summed E-state index contributed by atoms with van der Waals surface area (Å²) in [7, 11) is 0. The number of fused-ring (bicyclic) bond motifs is 3. The van der Waals surface area contributed by atoms with E-state index in [2.05, 4.69) is 17.4 Å². The van der Waals surface area contributed by atoms with Gasteiger partial charge in [-0.1, -0.05) is 62.4 Å². The fraction of sp³-hybridized carbons (Fsp3) is 0.444. The van der Waals surface area contributed by atoms with Crippen LogP contribution in [-0.2, 0) is 14.3 Å². The number of rotatable bonds is 7. The molecule has 0 bridgehead atoms. The van der Waals surface area contributed by atoms with Gasteiger partial charge in [-0.25, -0.2) is 9.59 Å². The summed E-state index contributed by atoms with van der Waals surface area (Å²) in [5.74, 6) is -1.10. The Morgan fingerprint density at radius 2 is 1.66 bits per heavy atom. The van der Waals surface area contributed by atoms with E-state index in [0.717, 1.165) is 22.3 Å². The zero-order valence-corrected chi connectivity index (χ0v) is 21.3. The molecule has 2 amide bonds. The number of thioether (sulfide) groups is 1. The molecule has 1 saturated heterocycles. The number of amides is 2. The number of aliphatic carboxylic acids is 1. The third kappa shape index (κ3) is 5.03. The predicted octanol–water partition coefficient (Wildman–Crippen LogP) is 4.70. The second kappa shape index (κ2) is 9.93. The summed E-state index contributed by atoms with van der Waals surface area (Å²) in [6, 6.07) is 14.4. The Balaban J connectivity index is 1.48. The van der Waals surface area contributed by atoms with Crippen molar-refractivity contribution in [1.82, 2.24) is 10.2 Å². The Morgan fingerprint density at radius 1 is 1.09 bits per heavy atom. The lowest BCUT2D eigenvalue weighted by molar-refractivity contribution is -0.151. The van der Waals surface area contributed by atoms with Crippen molar-refractivity contribution in [3.8, 4) is 11.1 Å². The Morgan fingerprint density at radius 3 is 2.20 bits per heavy atom. The first kappa shape index (κ1) is 25.1. The van der Waals surface area contributed by atoms with Gasteiger partial charge in [0.25, 0.3) is 0 Å². The fourth-order valence-electron chi connectivity index (χ4n) is 5.05. The number of benzene rings is 2. The van der Waals surface area contributed by atoms with Gasteiger partial charge in [-0.3, -0.25) is 4.79 Å². The van der Waals surface area contributed by atoms with Crippen molar-refractivity contribution in [1.29, 1.82) is 0 Å². The molecule has 2 aromatic rings. The second-order valence-electron chi connectivity index (χ2n) is 9.97. The number of hydrogen-bond acceptors (Lipinski definition) is 5. The molecule has 2 N–H and O–H groups in total. The van der Waals surface area contributed by atoms with E-state index < -0.39 is 34.9 Å². The van der Waals surface area contributed by atoms with Gasteiger partial charge in [0.1, 0.15) is 18.7 Å². The minimum Gasteiger partial charge on any atom is -0.480 e. The highest BCUT2D eigenvalue weighted by molar-refractivity contribution is 8.00. The van der Waals surface area contributed by atoms with Crippen molar-refractivity contribution >= 4 is 29.7 Å². The normalized spacial score (nSPS) is 19.2. The van der Waals surface area contributed by atoms with Crippen LogP contribution in [0, 0.1) is 5.92 Å². The predicted molar refractivity (Wildman–Crippen MR) is 136 cm³/mol. The van der Waals surface area contributed by atoms with E-state index in [1.165, 1.54) is 16.7 Å². The molecule has 4 rings (SSSR count). The topological polar surface area (TPSA) is 95.9 Å². The Hall–Kier alpha value is -3.00. The van der Waals surface area contributed by atoms with Crippen LogP contribution in [0.15, 0.2) is 48.5 Å². The number of carbonyl (C=O) groups is 3. The summed E-state index contributed by atoms with van der Waals surface area (Å²) < 4.78 is 5.65. The molecule has 35 heavy (non-hydrogen) atoms. The van der Waals surface area contributed by atoms with Gasteiger partial charge < -0.3 is 20.1 Å². The van der Waals surface area contributed by atoms with Crippen LogP contribution in [0.3, 0.4) is 0 Å². The van der Waals surface area contributed by atoms with E-state index >= 15 is 0 Å². The minimum absolute atomic E-state index is 0.0855. The summed E-state index contributed by atoms with van der Waals surface area (Å²) in [6.07, 6.45) is -0.297. The standard InChI is InChI=1S/C27H32N2O5S/c1-16(2)13-22(24(30)29-23(25(31)32)15-35-27(29,3)4)28-26(33)34-14-21-19-11-7-5-9-17(19)18-10-6-8-12-20(18)21/h5-12,16,21-23H,13-15H2,1-4H3,(H,28,33)(H,31,32)/t22-,23-/m0/s1. The lowest BCUT2D eigenvalue weighted by Crippen LogP contribution is -2.57. The number of nitrogens with zero attached hydrogens (tertiary/aromatic N) is 1. The summed E-state index contributed by atoms with van der Waals surface area (Å²) in [4.78, 5) is 38.9. The summed E-state index contributed by atoms with van der Waals surface area (Å²) in [6.45, 7) is 7.72. The van der Waals surface area contributed by atoms with Crippen LogP contribution >= 0.6 is 11.8 Å². The SMILES string of the molecule is CC(C)C[C@H](NC(=O)OCC1c2ccccc2-c2ccccc21)C(=O)N1[C@H](C(=O)O)CSC1(C)C. The van der Waals surface area contributed by atoms with Crippen LogP contribution in [-0.4, -0.2) is 57.3 Å². The molecule has 2 aliphatic rings. The first-order chi connectivity index (χ1) is 16.6. The Kier molecular flexibility index (Phi) is 7.12. The number of alkyl carbamates (subject to hydrolysis) is 1. The van der Waals surface area contributed by atoms with Gasteiger partial charge >= 0.3 is 12.1 Å². The molecule has 186 valence electrons. The monoisotopic (exact) mass is 496 g/mol. The van der Waals surface area contributed by atoms with E-state index in [9.17, 15) is 19.5 Å². The molecule has 8 heteroatoms. The average molecular weight is 497 g/mol. The molecule has 1 fully saturated rings. The maximum Gasteiger partial charge on any atom is 0.407 e. The molecule has 1 aliphatic heterocycles. The highest BCUT2D eigenvalue weighted by Gasteiger charge is 2.48.